The highest BCUT2D eigenvalue weighted by Gasteiger charge is 2.20. The molecule has 0 saturated carbocycles. The van der Waals surface area contributed by atoms with Crippen LogP contribution in [-0.4, -0.2) is 42.6 Å². The van der Waals surface area contributed by atoms with Crippen LogP contribution in [0.1, 0.15) is 18.4 Å². The molecule has 4 N–H and O–H groups in total. The maximum Gasteiger partial charge on any atom is 0.247 e. The van der Waals surface area contributed by atoms with Crippen molar-refractivity contribution in [1.82, 2.24) is 11.0 Å². The predicted molar refractivity (Wildman–Crippen MR) is 83.3 cm³/mol. The Morgan fingerprint density at radius 3 is 2.46 bits per heavy atom. The first-order chi connectivity index (χ1) is 11.6. The maximum absolute atomic E-state index is 11.5. The first kappa shape index (κ1) is 19.4. The molecule has 0 aliphatic carbocycles. The molecule has 2 amide bonds. The zero-order valence-electron chi connectivity index (χ0n) is 13.2. The number of carbonyl (C=O) groups is 2. The minimum Gasteiger partial charge on any atom is -0.491 e. The zero-order valence-corrected chi connectivity index (χ0v) is 13.2. The lowest BCUT2D eigenvalue weighted by Gasteiger charge is -2.09. The summed E-state index contributed by atoms with van der Waals surface area (Å²) in [6.45, 7) is 0.948. The Hall–Kier alpha value is -2.60. The Morgan fingerprint density at radius 1 is 1.17 bits per heavy atom. The molecule has 0 aromatic heterocycles. The van der Waals surface area contributed by atoms with E-state index in [0.29, 0.717) is 24.5 Å². The van der Waals surface area contributed by atoms with Gasteiger partial charge in [0, 0.05) is 25.5 Å². The third kappa shape index (κ3) is 7.11. The Morgan fingerprint density at radius 2 is 1.88 bits per heavy atom. The predicted octanol–water partition coefficient (Wildman–Crippen LogP) is 0.471. The van der Waals surface area contributed by atoms with Crippen molar-refractivity contribution >= 4 is 11.8 Å². The van der Waals surface area contributed by atoms with Crippen molar-refractivity contribution in [1.29, 1.82) is 0 Å². The average Bonchev–Trinajstić information content (AvgIpc) is 2.61. The summed E-state index contributed by atoms with van der Waals surface area (Å²) in [6.07, 6.45) is -0.240. The van der Waals surface area contributed by atoms with E-state index in [2.05, 4.69) is 11.8 Å². The number of rotatable bonds is 8. The van der Waals surface area contributed by atoms with Crippen molar-refractivity contribution in [3.63, 3.8) is 0 Å². The van der Waals surface area contributed by atoms with Crippen LogP contribution in [-0.2, 0) is 14.3 Å². The van der Waals surface area contributed by atoms with Crippen LogP contribution in [0.5, 0.6) is 5.75 Å². The van der Waals surface area contributed by atoms with Gasteiger partial charge in [-0.1, -0.05) is 11.8 Å². The fraction of sp³-hybridized carbons (Fsp3) is 0.375. The topological polar surface area (TPSA) is 117 Å². The van der Waals surface area contributed by atoms with Gasteiger partial charge in [-0.15, -0.1) is 0 Å². The minimum atomic E-state index is -0.869. The van der Waals surface area contributed by atoms with E-state index in [1.165, 1.54) is 11.0 Å². The number of hydrogen-bond donors (Lipinski definition) is 4. The molecule has 8 nitrogen and oxygen atoms in total. The van der Waals surface area contributed by atoms with E-state index in [-0.39, 0.29) is 12.8 Å². The van der Waals surface area contributed by atoms with Crippen molar-refractivity contribution < 1.29 is 29.5 Å². The first-order valence-corrected chi connectivity index (χ1v) is 7.18. The number of hydroxylamine groups is 2. The van der Waals surface area contributed by atoms with Crippen molar-refractivity contribution in [2.24, 2.45) is 5.92 Å². The second-order valence-electron chi connectivity index (χ2n) is 4.78. The average molecular weight is 336 g/mol. The molecule has 1 atom stereocenters. The highest BCUT2D eigenvalue weighted by Crippen LogP contribution is 2.12. The second kappa shape index (κ2) is 11.0. The number of benzene rings is 1. The molecular formula is C16H20N2O6. The van der Waals surface area contributed by atoms with Crippen molar-refractivity contribution in [3.8, 4) is 17.6 Å². The number of amides is 2. The second-order valence-corrected chi connectivity index (χ2v) is 4.78. The Kier molecular flexibility index (Phi) is 8.93. The quantitative estimate of drug-likeness (QED) is 0.237. The largest absolute Gasteiger partial charge is 0.491 e. The summed E-state index contributed by atoms with van der Waals surface area (Å²) in [5.74, 6) is 3.97. The molecule has 24 heavy (non-hydrogen) atoms. The van der Waals surface area contributed by atoms with Gasteiger partial charge in [-0.05, 0) is 24.3 Å². The van der Waals surface area contributed by atoms with E-state index in [1.807, 2.05) is 0 Å². The van der Waals surface area contributed by atoms with Gasteiger partial charge in [0.1, 0.15) is 12.4 Å². The van der Waals surface area contributed by atoms with E-state index in [4.69, 9.17) is 19.9 Å². The van der Waals surface area contributed by atoms with E-state index in [1.54, 1.807) is 31.4 Å². The molecule has 0 fully saturated rings. The molecule has 0 saturated heterocycles. The van der Waals surface area contributed by atoms with Crippen LogP contribution in [0.4, 0.5) is 0 Å². The normalized spacial score (nSPS) is 11.0. The van der Waals surface area contributed by atoms with Gasteiger partial charge in [0.25, 0.3) is 0 Å². The van der Waals surface area contributed by atoms with Crippen LogP contribution in [0, 0.1) is 17.8 Å². The fourth-order valence-electron chi connectivity index (χ4n) is 1.77. The molecule has 130 valence electrons. The third-order valence-electron chi connectivity index (χ3n) is 3.03. The summed E-state index contributed by atoms with van der Waals surface area (Å²) in [5.41, 5.74) is 3.63. The van der Waals surface area contributed by atoms with Gasteiger partial charge < -0.3 is 9.47 Å². The molecule has 0 radical (unpaired) electrons. The highest BCUT2D eigenvalue weighted by molar-refractivity contribution is 5.84. The molecule has 0 spiro atoms. The van der Waals surface area contributed by atoms with Crippen LogP contribution in [0.3, 0.4) is 0 Å². The lowest BCUT2D eigenvalue weighted by molar-refractivity contribution is -0.138. The summed E-state index contributed by atoms with van der Waals surface area (Å²) in [6, 6.07) is 7.04. The zero-order chi connectivity index (χ0) is 17.8. The number of ether oxygens (including phenoxy) is 2. The number of carbonyl (C=O) groups excluding carboxylic acids is 2. The standard InChI is InChI=1S/C16H20N2O6/c1-23-9-10-24-14-7-5-12(6-8-14)3-2-4-13(16(20)18-22)11-15(19)17-21/h5-8,13,21-22H,4,9-11H2,1H3,(H,17,19)(H,18,20). The van der Waals surface area contributed by atoms with Gasteiger partial charge in [-0.25, -0.2) is 11.0 Å². The summed E-state index contributed by atoms with van der Waals surface area (Å²) in [4.78, 5) is 22.6. The Labute approximate surface area is 139 Å². The molecular weight excluding hydrogens is 316 g/mol. The molecule has 0 aliphatic rings. The van der Waals surface area contributed by atoms with Gasteiger partial charge in [0.15, 0.2) is 0 Å². The minimum absolute atomic E-state index is 0.0475. The summed E-state index contributed by atoms with van der Waals surface area (Å²) in [7, 11) is 1.59. The molecule has 0 aliphatic heterocycles. The van der Waals surface area contributed by atoms with Crippen molar-refractivity contribution in [2.75, 3.05) is 20.3 Å². The van der Waals surface area contributed by atoms with E-state index in [0.717, 1.165) is 0 Å². The maximum atomic E-state index is 11.5. The Bertz CT molecular complexity index is 591. The number of methoxy groups -OCH3 is 1. The molecule has 0 bridgehead atoms. The SMILES string of the molecule is COCCOc1ccc(C#CCC(CC(=O)NO)C(=O)NO)cc1. The van der Waals surface area contributed by atoms with E-state index >= 15 is 0 Å². The first-order valence-electron chi connectivity index (χ1n) is 7.18. The molecule has 1 aromatic carbocycles. The molecule has 0 heterocycles. The highest BCUT2D eigenvalue weighted by atomic mass is 16.5. The molecule has 1 rings (SSSR count). The van der Waals surface area contributed by atoms with Gasteiger partial charge in [0.2, 0.25) is 11.8 Å². The third-order valence-corrected chi connectivity index (χ3v) is 3.03. The number of nitrogens with one attached hydrogen (secondary N) is 2. The van der Waals surface area contributed by atoms with Crippen LogP contribution >= 0.6 is 0 Å². The fourth-order valence-corrected chi connectivity index (χ4v) is 1.77. The van der Waals surface area contributed by atoms with Crippen molar-refractivity contribution in [3.05, 3.63) is 29.8 Å². The van der Waals surface area contributed by atoms with Crippen LogP contribution in [0.25, 0.3) is 0 Å². The van der Waals surface area contributed by atoms with Crippen molar-refractivity contribution in [2.45, 2.75) is 12.8 Å². The van der Waals surface area contributed by atoms with Gasteiger partial charge >= 0.3 is 0 Å². The Balaban J connectivity index is 2.61. The lowest BCUT2D eigenvalue weighted by Crippen LogP contribution is -2.32. The monoisotopic (exact) mass is 336 g/mol. The lowest BCUT2D eigenvalue weighted by atomic mass is 10.0. The summed E-state index contributed by atoms with van der Waals surface area (Å²) < 4.78 is 10.3. The van der Waals surface area contributed by atoms with E-state index < -0.39 is 17.7 Å². The van der Waals surface area contributed by atoms with Gasteiger partial charge in [-0.2, -0.15) is 0 Å². The number of hydrogen-bond acceptors (Lipinski definition) is 6. The molecule has 1 aromatic rings. The van der Waals surface area contributed by atoms with Crippen LogP contribution in [0.2, 0.25) is 0 Å². The van der Waals surface area contributed by atoms with Crippen LogP contribution < -0.4 is 15.7 Å². The smallest absolute Gasteiger partial charge is 0.247 e. The molecule has 8 heteroatoms. The van der Waals surface area contributed by atoms with Gasteiger partial charge in [0.05, 0.1) is 12.5 Å². The summed E-state index contributed by atoms with van der Waals surface area (Å²) in [5, 5.41) is 17.2. The van der Waals surface area contributed by atoms with Crippen LogP contribution in [0.15, 0.2) is 24.3 Å². The molecule has 1 unspecified atom stereocenters. The van der Waals surface area contributed by atoms with Gasteiger partial charge in [-0.3, -0.25) is 20.0 Å². The summed E-state index contributed by atoms with van der Waals surface area (Å²) >= 11 is 0. The van der Waals surface area contributed by atoms with E-state index in [9.17, 15) is 9.59 Å².